The van der Waals surface area contributed by atoms with E-state index in [1.54, 1.807) is 0 Å². The van der Waals surface area contributed by atoms with E-state index in [-0.39, 0.29) is 0 Å². The highest BCUT2D eigenvalue weighted by Crippen LogP contribution is 2.25. The number of ether oxygens (including phenoxy) is 1. The third-order valence-electron chi connectivity index (χ3n) is 2.76. The van der Waals surface area contributed by atoms with Gasteiger partial charge in [0.15, 0.2) is 6.29 Å². The summed E-state index contributed by atoms with van der Waals surface area (Å²) in [5.74, 6) is 0.714. The molecule has 0 saturated carbocycles. The van der Waals surface area contributed by atoms with Crippen molar-refractivity contribution in [2.24, 2.45) is 0 Å². The average molecular weight is 248 g/mol. The first kappa shape index (κ1) is 12.9. The minimum atomic E-state index is -0.781. The lowest BCUT2D eigenvalue weighted by Gasteiger charge is -2.15. The summed E-state index contributed by atoms with van der Waals surface area (Å²) in [5.41, 5.74) is 1.01. The average Bonchev–Trinajstić information content (AvgIpc) is 2.77. The van der Waals surface area contributed by atoms with Gasteiger partial charge < -0.3 is 20.1 Å². The molecule has 2 rings (SSSR count). The zero-order valence-electron chi connectivity index (χ0n) is 10.8. The van der Waals surface area contributed by atoms with Crippen LogP contribution in [0.25, 0.3) is 10.9 Å². The van der Waals surface area contributed by atoms with Crippen LogP contribution < -0.4 is 10.1 Å². The number of nitrogens with one attached hydrogen (secondary N) is 2. The molecule has 0 bridgehead atoms. The van der Waals surface area contributed by atoms with Gasteiger partial charge in [-0.05, 0) is 18.2 Å². The maximum Gasteiger partial charge on any atom is 0.198 e. The molecule has 0 radical (unpaired) electrons. The van der Waals surface area contributed by atoms with E-state index in [9.17, 15) is 5.11 Å². The predicted molar refractivity (Wildman–Crippen MR) is 72.7 cm³/mol. The highest BCUT2D eigenvalue weighted by Gasteiger charge is 2.09. The molecule has 0 fully saturated rings. The summed E-state index contributed by atoms with van der Waals surface area (Å²) >= 11 is 0. The molecule has 1 unspecified atom stereocenters. The van der Waals surface area contributed by atoms with Gasteiger partial charge in [-0.15, -0.1) is 0 Å². The predicted octanol–water partition coefficient (Wildman–Crippen LogP) is 2.25. The van der Waals surface area contributed by atoms with Crippen molar-refractivity contribution in [1.29, 1.82) is 0 Å². The topological polar surface area (TPSA) is 57.3 Å². The normalized spacial score (nSPS) is 13.1. The molecule has 1 heterocycles. The summed E-state index contributed by atoms with van der Waals surface area (Å²) in [6.45, 7) is 4.89. The Kier molecular flexibility index (Phi) is 4.23. The summed E-state index contributed by atoms with van der Waals surface area (Å²) in [6, 6.07) is 8.13. The number of aliphatic hydroxyl groups excluding tert-OH is 1. The maximum atomic E-state index is 9.84. The Morgan fingerprint density at radius 3 is 2.94 bits per heavy atom. The zero-order valence-corrected chi connectivity index (χ0v) is 10.8. The number of benzene rings is 1. The summed E-state index contributed by atoms with van der Waals surface area (Å²) in [5, 5.41) is 14.1. The van der Waals surface area contributed by atoms with Crippen molar-refractivity contribution in [3.63, 3.8) is 0 Å². The highest BCUT2D eigenvalue weighted by atomic mass is 16.6. The smallest absolute Gasteiger partial charge is 0.198 e. The Morgan fingerprint density at radius 1 is 1.33 bits per heavy atom. The van der Waals surface area contributed by atoms with Crippen molar-refractivity contribution in [3.8, 4) is 5.75 Å². The molecule has 1 aromatic carbocycles. The van der Waals surface area contributed by atoms with Crippen molar-refractivity contribution in [1.82, 2.24) is 10.3 Å². The molecule has 2 aromatic rings. The van der Waals surface area contributed by atoms with E-state index in [0.717, 1.165) is 17.4 Å². The Morgan fingerprint density at radius 2 is 2.17 bits per heavy atom. The van der Waals surface area contributed by atoms with Gasteiger partial charge in [-0.25, -0.2) is 0 Å². The van der Waals surface area contributed by atoms with Crippen molar-refractivity contribution < 1.29 is 9.84 Å². The number of aliphatic hydroxyl groups is 1. The molecule has 18 heavy (non-hydrogen) atoms. The Labute approximate surface area is 107 Å². The van der Waals surface area contributed by atoms with Crippen molar-refractivity contribution in [2.45, 2.75) is 32.6 Å². The number of aromatic nitrogens is 1. The molecular formula is C14H20N2O2. The molecule has 0 amide bonds. The number of hydrogen-bond donors (Lipinski definition) is 3. The molecule has 4 heteroatoms. The first-order valence-corrected chi connectivity index (χ1v) is 6.31. The van der Waals surface area contributed by atoms with Gasteiger partial charge in [-0.1, -0.05) is 19.9 Å². The van der Waals surface area contributed by atoms with Crippen LogP contribution >= 0.6 is 0 Å². The Hall–Kier alpha value is -1.52. The van der Waals surface area contributed by atoms with E-state index in [1.807, 2.05) is 30.5 Å². The van der Waals surface area contributed by atoms with Crippen LogP contribution in [0.2, 0.25) is 0 Å². The van der Waals surface area contributed by atoms with Gasteiger partial charge in [0.2, 0.25) is 0 Å². The lowest BCUT2D eigenvalue weighted by Crippen LogP contribution is -2.28. The fourth-order valence-electron chi connectivity index (χ4n) is 1.86. The van der Waals surface area contributed by atoms with E-state index in [4.69, 9.17) is 4.74 Å². The van der Waals surface area contributed by atoms with Crippen LogP contribution in [0.1, 0.15) is 20.3 Å². The van der Waals surface area contributed by atoms with Crippen molar-refractivity contribution >= 4 is 10.9 Å². The van der Waals surface area contributed by atoms with E-state index in [2.05, 4.69) is 24.1 Å². The van der Waals surface area contributed by atoms with Gasteiger partial charge in [-0.3, -0.25) is 0 Å². The SMILES string of the molecule is CC(C)NCCC(O)Oc1cccc2[nH]ccc12. The van der Waals surface area contributed by atoms with Crippen LogP contribution in [0.5, 0.6) is 5.75 Å². The van der Waals surface area contributed by atoms with Crippen molar-refractivity contribution in [2.75, 3.05) is 6.54 Å². The molecule has 4 nitrogen and oxygen atoms in total. The second-order valence-corrected chi connectivity index (χ2v) is 4.67. The van der Waals surface area contributed by atoms with Crippen LogP contribution in [0, 0.1) is 0 Å². The second-order valence-electron chi connectivity index (χ2n) is 4.67. The van der Waals surface area contributed by atoms with Crippen LogP contribution in [-0.4, -0.2) is 29.0 Å². The number of aromatic amines is 1. The second kappa shape index (κ2) is 5.89. The molecule has 0 aliphatic carbocycles. The van der Waals surface area contributed by atoms with Gasteiger partial charge in [0.05, 0.1) is 0 Å². The summed E-state index contributed by atoms with van der Waals surface area (Å²) < 4.78 is 5.56. The van der Waals surface area contributed by atoms with Gasteiger partial charge in [-0.2, -0.15) is 0 Å². The summed E-state index contributed by atoms with van der Waals surface area (Å²) in [6.07, 6.45) is 1.65. The molecule has 0 aliphatic heterocycles. The third kappa shape index (κ3) is 3.24. The fraction of sp³-hybridized carbons (Fsp3) is 0.429. The van der Waals surface area contributed by atoms with Crippen LogP contribution in [0.3, 0.4) is 0 Å². The van der Waals surface area contributed by atoms with Crippen LogP contribution in [0.15, 0.2) is 30.5 Å². The van der Waals surface area contributed by atoms with Crippen LogP contribution in [-0.2, 0) is 0 Å². The van der Waals surface area contributed by atoms with E-state index in [1.165, 1.54) is 0 Å². The lowest BCUT2D eigenvalue weighted by molar-refractivity contribution is -0.0215. The van der Waals surface area contributed by atoms with Crippen molar-refractivity contribution in [3.05, 3.63) is 30.5 Å². The molecule has 3 N–H and O–H groups in total. The Bertz CT molecular complexity index is 493. The molecular weight excluding hydrogens is 228 g/mol. The minimum Gasteiger partial charge on any atom is -0.464 e. The highest BCUT2D eigenvalue weighted by molar-refractivity contribution is 5.85. The van der Waals surface area contributed by atoms with E-state index < -0.39 is 6.29 Å². The summed E-state index contributed by atoms with van der Waals surface area (Å²) in [4.78, 5) is 3.12. The molecule has 0 saturated heterocycles. The van der Waals surface area contributed by atoms with E-state index >= 15 is 0 Å². The maximum absolute atomic E-state index is 9.84. The minimum absolute atomic E-state index is 0.422. The van der Waals surface area contributed by atoms with Gasteiger partial charge in [0, 0.05) is 36.1 Å². The Balaban J connectivity index is 1.94. The quantitative estimate of drug-likeness (QED) is 0.687. The summed E-state index contributed by atoms with van der Waals surface area (Å²) in [7, 11) is 0. The molecule has 1 atom stereocenters. The lowest BCUT2D eigenvalue weighted by atomic mass is 10.2. The standard InChI is InChI=1S/C14H20N2O2/c1-10(2)15-9-7-14(17)18-13-5-3-4-12-11(13)6-8-16-12/h3-6,8,10,14-17H,7,9H2,1-2H3. The number of hydrogen-bond acceptors (Lipinski definition) is 3. The number of fused-ring (bicyclic) bond motifs is 1. The first-order chi connectivity index (χ1) is 8.66. The van der Waals surface area contributed by atoms with Gasteiger partial charge in [0.1, 0.15) is 5.75 Å². The number of rotatable bonds is 6. The van der Waals surface area contributed by atoms with E-state index in [0.29, 0.717) is 18.2 Å². The third-order valence-corrected chi connectivity index (χ3v) is 2.76. The molecule has 0 aliphatic rings. The zero-order chi connectivity index (χ0) is 13.0. The van der Waals surface area contributed by atoms with Gasteiger partial charge in [0.25, 0.3) is 0 Å². The molecule has 1 aromatic heterocycles. The first-order valence-electron chi connectivity index (χ1n) is 6.31. The molecule has 98 valence electrons. The van der Waals surface area contributed by atoms with Gasteiger partial charge >= 0.3 is 0 Å². The monoisotopic (exact) mass is 248 g/mol. The molecule has 0 spiro atoms. The number of H-pyrrole nitrogens is 1. The fourth-order valence-corrected chi connectivity index (χ4v) is 1.86. The van der Waals surface area contributed by atoms with Crippen LogP contribution in [0.4, 0.5) is 0 Å². The largest absolute Gasteiger partial charge is 0.464 e.